The normalized spacial score (nSPS) is 18.4. The number of hydrogen-bond donors (Lipinski definition) is 1. The zero-order chi connectivity index (χ0) is 27.9. The number of esters is 1. The van der Waals surface area contributed by atoms with Crippen molar-refractivity contribution in [1.29, 1.82) is 5.41 Å². The molecule has 1 atom stereocenters. The van der Waals surface area contributed by atoms with Crippen molar-refractivity contribution in [3.63, 3.8) is 0 Å². The molecule has 1 aliphatic carbocycles. The van der Waals surface area contributed by atoms with Gasteiger partial charge in [-0.15, -0.1) is 12.4 Å². The minimum atomic E-state index is -0.401. The number of nitrogens with zero attached hydrogens (tertiary/aromatic N) is 3. The second kappa shape index (κ2) is 11.7. The number of amidine groups is 1. The SMILES string of the molecule is COC(=O)COC1CCN(c2cc(C(=O)CN3Cc4ccc(C5CC5)nc4C3=N)cc(C(C)(C)C)c2OC)C1.Cl. The molecule has 0 spiro atoms. The van der Waals surface area contributed by atoms with Crippen LogP contribution in [-0.2, 0) is 26.2 Å². The van der Waals surface area contributed by atoms with Crippen LogP contribution in [0.25, 0.3) is 0 Å². The Morgan fingerprint density at radius 2 is 1.88 bits per heavy atom. The van der Waals surface area contributed by atoms with Gasteiger partial charge in [-0.25, -0.2) is 9.78 Å². The van der Waals surface area contributed by atoms with Gasteiger partial charge in [-0.2, -0.15) is 0 Å². The quantitative estimate of drug-likeness (QED) is 0.347. The number of benzene rings is 1. The van der Waals surface area contributed by atoms with E-state index in [0.717, 1.165) is 47.5 Å². The number of anilines is 1. The Balaban J connectivity index is 0.00000370. The summed E-state index contributed by atoms with van der Waals surface area (Å²) >= 11 is 0. The van der Waals surface area contributed by atoms with Crippen LogP contribution in [0.2, 0.25) is 0 Å². The summed E-state index contributed by atoms with van der Waals surface area (Å²) in [6.45, 7) is 8.13. The molecule has 216 valence electrons. The molecule has 0 bridgehead atoms. The van der Waals surface area contributed by atoms with Crippen LogP contribution in [0.15, 0.2) is 24.3 Å². The molecule has 0 amide bonds. The summed E-state index contributed by atoms with van der Waals surface area (Å²) in [6, 6.07) is 7.96. The number of rotatable bonds is 9. The number of halogens is 1. The fourth-order valence-corrected chi connectivity index (χ4v) is 5.39. The van der Waals surface area contributed by atoms with Crippen LogP contribution in [0.1, 0.15) is 78.8 Å². The molecule has 1 saturated heterocycles. The molecule has 1 aromatic carbocycles. The minimum Gasteiger partial charge on any atom is -0.494 e. The number of nitrogens with one attached hydrogen (secondary N) is 1. The number of ketones is 1. The molecular formula is C30H39ClN4O5. The summed E-state index contributed by atoms with van der Waals surface area (Å²) in [5.41, 5.74) is 4.86. The van der Waals surface area contributed by atoms with Crippen molar-refractivity contribution < 1.29 is 23.8 Å². The van der Waals surface area contributed by atoms with Gasteiger partial charge >= 0.3 is 5.97 Å². The van der Waals surface area contributed by atoms with Crippen LogP contribution in [0, 0.1) is 5.41 Å². The first kappa shape index (κ1) is 29.8. The van der Waals surface area contributed by atoms with E-state index in [2.05, 4.69) is 37.8 Å². The minimum absolute atomic E-state index is 0. The Labute approximate surface area is 242 Å². The molecule has 2 aliphatic heterocycles. The highest BCUT2D eigenvalue weighted by atomic mass is 35.5. The van der Waals surface area contributed by atoms with Crippen LogP contribution in [0.3, 0.4) is 0 Å². The second-order valence-corrected chi connectivity index (χ2v) is 11.7. The van der Waals surface area contributed by atoms with Gasteiger partial charge in [0.15, 0.2) is 5.78 Å². The first-order valence-electron chi connectivity index (χ1n) is 13.6. The number of carbonyl (C=O) groups is 2. The average Bonchev–Trinajstić information content (AvgIpc) is 3.58. The van der Waals surface area contributed by atoms with E-state index in [1.54, 1.807) is 7.11 Å². The molecule has 1 saturated carbocycles. The van der Waals surface area contributed by atoms with Crippen LogP contribution < -0.4 is 9.64 Å². The molecule has 2 aromatic rings. The lowest BCUT2D eigenvalue weighted by atomic mass is 9.84. The van der Waals surface area contributed by atoms with E-state index in [1.807, 2.05) is 17.0 Å². The van der Waals surface area contributed by atoms with Crippen LogP contribution in [0.5, 0.6) is 5.75 Å². The van der Waals surface area contributed by atoms with Crippen LogP contribution in [-0.4, -0.2) is 74.0 Å². The lowest BCUT2D eigenvalue weighted by Crippen LogP contribution is -2.31. The number of fused-ring (bicyclic) bond motifs is 1. The highest BCUT2D eigenvalue weighted by Gasteiger charge is 2.33. The van der Waals surface area contributed by atoms with Gasteiger partial charge in [0.2, 0.25) is 0 Å². The Morgan fingerprint density at radius 1 is 1.12 bits per heavy atom. The molecule has 1 N–H and O–H groups in total. The maximum absolute atomic E-state index is 13.7. The van der Waals surface area contributed by atoms with Gasteiger partial charge in [-0.3, -0.25) is 10.2 Å². The fourth-order valence-electron chi connectivity index (χ4n) is 5.39. The van der Waals surface area contributed by atoms with Crippen molar-refractivity contribution in [2.75, 3.05) is 45.4 Å². The van der Waals surface area contributed by atoms with E-state index in [9.17, 15) is 9.59 Å². The summed E-state index contributed by atoms with van der Waals surface area (Å²) in [6.07, 6.45) is 2.95. The summed E-state index contributed by atoms with van der Waals surface area (Å²) in [7, 11) is 3.00. The predicted octanol–water partition coefficient (Wildman–Crippen LogP) is 4.48. The smallest absolute Gasteiger partial charge is 0.331 e. The number of pyridine rings is 1. The molecule has 5 rings (SSSR count). The zero-order valence-corrected chi connectivity index (χ0v) is 24.7. The Bertz CT molecular complexity index is 1300. The van der Waals surface area contributed by atoms with Crippen LogP contribution in [0.4, 0.5) is 5.69 Å². The van der Waals surface area contributed by atoms with Crippen molar-refractivity contribution >= 4 is 35.7 Å². The van der Waals surface area contributed by atoms with Gasteiger partial charge in [0.25, 0.3) is 0 Å². The van der Waals surface area contributed by atoms with Crippen molar-refractivity contribution in [3.8, 4) is 5.75 Å². The zero-order valence-electron chi connectivity index (χ0n) is 23.9. The first-order valence-corrected chi connectivity index (χ1v) is 13.6. The van der Waals surface area contributed by atoms with Crippen molar-refractivity contribution in [3.05, 3.63) is 52.3 Å². The van der Waals surface area contributed by atoms with Gasteiger partial charge in [-0.1, -0.05) is 26.8 Å². The lowest BCUT2D eigenvalue weighted by molar-refractivity contribution is -0.147. The van der Waals surface area contributed by atoms with Crippen molar-refractivity contribution in [2.45, 2.75) is 64.0 Å². The maximum atomic E-state index is 13.7. The summed E-state index contributed by atoms with van der Waals surface area (Å²) in [4.78, 5) is 34.0. The van der Waals surface area contributed by atoms with Gasteiger partial charge < -0.3 is 24.0 Å². The van der Waals surface area contributed by atoms with E-state index in [0.29, 0.717) is 42.6 Å². The number of hydrogen-bond acceptors (Lipinski definition) is 8. The van der Waals surface area contributed by atoms with Crippen molar-refractivity contribution in [1.82, 2.24) is 9.88 Å². The van der Waals surface area contributed by atoms with Gasteiger partial charge in [0.1, 0.15) is 23.9 Å². The average molecular weight is 571 g/mol. The highest BCUT2D eigenvalue weighted by Crippen LogP contribution is 2.42. The predicted molar refractivity (Wildman–Crippen MR) is 155 cm³/mol. The first-order chi connectivity index (χ1) is 18.6. The highest BCUT2D eigenvalue weighted by molar-refractivity contribution is 6.05. The fraction of sp³-hybridized carbons (Fsp3) is 0.533. The van der Waals surface area contributed by atoms with E-state index < -0.39 is 5.97 Å². The summed E-state index contributed by atoms with van der Waals surface area (Å²) in [5.74, 6) is 1.12. The van der Waals surface area contributed by atoms with Crippen molar-refractivity contribution in [2.24, 2.45) is 0 Å². The van der Waals surface area contributed by atoms with E-state index in [-0.39, 0.29) is 42.9 Å². The lowest BCUT2D eigenvalue weighted by Gasteiger charge is -2.29. The molecule has 9 nitrogen and oxygen atoms in total. The Kier molecular flexibility index (Phi) is 8.75. The molecule has 0 radical (unpaired) electrons. The third-order valence-corrected chi connectivity index (χ3v) is 7.79. The molecule has 1 aromatic heterocycles. The second-order valence-electron chi connectivity index (χ2n) is 11.7. The monoisotopic (exact) mass is 570 g/mol. The third kappa shape index (κ3) is 6.10. The van der Waals surface area contributed by atoms with Crippen LogP contribution >= 0.6 is 12.4 Å². The molecule has 10 heteroatoms. The third-order valence-electron chi connectivity index (χ3n) is 7.79. The topological polar surface area (TPSA) is 105 Å². The number of carbonyl (C=O) groups excluding carboxylic acids is 2. The Hall–Kier alpha value is -3.17. The van der Waals surface area contributed by atoms with Gasteiger partial charge in [0, 0.05) is 47.9 Å². The standard InChI is InChI=1S/C30H38N4O5.ClH/c1-30(2,3)22-12-20(13-24(28(22)38-5)33-11-10-21(15-33)39-17-26(36)37-4)25(35)16-34-14-19-8-9-23(18-6-7-18)32-27(19)29(34)31;/h8-9,12-13,18,21,31H,6-7,10-11,14-17H2,1-5H3;1H. The molecular weight excluding hydrogens is 532 g/mol. The molecule has 3 aliphatic rings. The van der Waals surface area contributed by atoms with E-state index in [1.165, 1.54) is 7.11 Å². The molecule has 40 heavy (non-hydrogen) atoms. The van der Waals surface area contributed by atoms with Gasteiger partial charge in [-0.05, 0) is 42.9 Å². The number of methoxy groups -OCH3 is 2. The molecule has 2 fully saturated rings. The number of aromatic nitrogens is 1. The van der Waals surface area contributed by atoms with E-state index >= 15 is 0 Å². The summed E-state index contributed by atoms with van der Waals surface area (Å²) in [5, 5.41) is 8.73. The van der Waals surface area contributed by atoms with E-state index in [4.69, 9.17) is 24.6 Å². The number of Topliss-reactive ketones (excluding diaryl/α,β-unsaturated/α-hetero) is 1. The number of ether oxygens (including phenoxy) is 3. The van der Waals surface area contributed by atoms with Gasteiger partial charge in [0.05, 0.1) is 32.6 Å². The largest absolute Gasteiger partial charge is 0.494 e. The molecule has 1 unspecified atom stereocenters. The Morgan fingerprint density at radius 3 is 2.52 bits per heavy atom. The molecule has 3 heterocycles. The maximum Gasteiger partial charge on any atom is 0.331 e. The summed E-state index contributed by atoms with van der Waals surface area (Å²) < 4.78 is 16.4.